The summed E-state index contributed by atoms with van der Waals surface area (Å²) in [6, 6.07) is 7.92. The minimum atomic E-state index is -0.564. The van der Waals surface area contributed by atoms with Gasteiger partial charge in [0.1, 0.15) is 5.75 Å². The molecule has 0 amide bonds. The molecule has 0 radical (unpaired) electrons. The Hall–Kier alpha value is -1.30. The van der Waals surface area contributed by atoms with Gasteiger partial charge in [-0.3, -0.25) is 10.1 Å². The fourth-order valence-corrected chi connectivity index (χ4v) is 2.44. The molecule has 0 spiro atoms. The highest BCUT2D eigenvalue weighted by atomic mass is 79.9. The molecule has 4 nitrogen and oxygen atoms in total. The van der Waals surface area contributed by atoms with Crippen molar-refractivity contribution in [2.75, 3.05) is 0 Å². The van der Waals surface area contributed by atoms with Crippen molar-refractivity contribution >= 4 is 44.8 Å². The van der Waals surface area contributed by atoms with Gasteiger partial charge in [-0.05, 0) is 24.6 Å². The summed E-state index contributed by atoms with van der Waals surface area (Å²) in [5.41, 5.74) is 0.706. The first-order valence-electron chi connectivity index (χ1n) is 5.46. The predicted molar refractivity (Wildman–Crippen MR) is 82.1 cm³/mol. The van der Waals surface area contributed by atoms with Crippen molar-refractivity contribution in [3.63, 3.8) is 0 Å². The molecule has 2 aromatic rings. The second-order valence-corrected chi connectivity index (χ2v) is 5.74. The lowest BCUT2D eigenvalue weighted by atomic mass is 10.2. The maximum atomic E-state index is 10.7. The van der Waals surface area contributed by atoms with E-state index in [1.54, 1.807) is 6.07 Å². The fourth-order valence-electron chi connectivity index (χ4n) is 1.54. The van der Waals surface area contributed by atoms with Crippen LogP contribution in [0.4, 0.5) is 5.69 Å². The van der Waals surface area contributed by atoms with E-state index in [1.807, 2.05) is 19.1 Å². The third-order valence-electron chi connectivity index (χ3n) is 2.56. The Balaban J connectivity index is 2.44. The molecule has 0 aliphatic rings. The van der Waals surface area contributed by atoms with Crippen molar-refractivity contribution in [1.29, 1.82) is 0 Å². The molecule has 7 heteroatoms. The van der Waals surface area contributed by atoms with E-state index in [4.69, 9.17) is 27.9 Å². The molecule has 0 N–H and O–H groups in total. The highest BCUT2D eigenvalue weighted by Gasteiger charge is 2.17. The summed E-state index contributed by atoms with van der Waals surface area (Å²) >= 11 is 15.3. The van der Waals surface area contributed by atoms with Gasteiger partial charge in [-0.1, -0.05) is 45.2 Å². The van der Waals surface area contributed by atoms with Gasteiger partial charge < -0.3 is 4.74 Å². The predicted octanol–water partition coefficient (Wildman–Crippen LogP) is 5.76. The first kappa shape index (κ1) is 15.1. The molecule has 0 bridgehead atoms. The smallest absolute Gasteiger partial charge is 0.272 e. The minimum Gasteiger partial charge on any atom is -0.454 e. The quantitative estimate of drug-likeness (QED) is 0.505. The van der Waals surface area contributed by atoms with Gasteiger partial charge in [-0.2, -0.15) is 0 Å². The molecule has 0 heterocycles. The molecule has 2 rings (SSSR count). The van der Waals surface area contributed by atoms with Crippen LogP contribution in [0.3, 0.4) is 0 Å². The van der Waals surface area contributed by atoms with E-state index >= 15 is 0 Å². The Kier molecular flexibility index (Phi) is 4.52. The zero-order chi connectivity index (χ0) is 14.9. The van der Waals surface area contributed by atoms with E-state index in [1.165, 1.54) is 12.1 Å². The van der Waals surface area contributed by atoms with Crippen molar-refractivity contribution in [2.45, 2.75) is 6.92 Å². The number of nitrogens with zero attached hydrogens (tertiary/aromatic N) is 1. The molecule has 0 saturated heterocycles. The van der Waals surface area contributed by atoms with Gasteiger partial charge in [0.15, 0.2) is 5.75 Å². The summed E-state index contributed by atoms with van der Waals surface area (Å²) in [6.45, 7) is 1.87. The van der Waals surface area contributed by atoms with Gasteiger partial charge in [-0.15, -0.1) is 0 Å². The molecule has 0 aromatic heterocycles. The maximum Gasteiger partial charge on any atom is 0.272 e. The van der Waals surface area contributed by atoms with Gasteiger partial charge in [-0.25, -0.2) is 0 Å². The highest BCUT2D eigenvalue weighted by molar-refractivity contribution is 9.10. The van der Waals surface area contributed by atoms with Crippen LogP contribution in [-0.4, -0.2) is 4.92 Å². The molecule has 0 aliphatic carbocycles. The number of nitro benzene ring substituents is 1. The van der Waals surface area contributed by atoms with Crippen LogP contribution in [0.2, 0.25) is 10.0 Å². The number of hydrogen-bond acceptors (Lipinski definition) is 3. The maximum absolute atomic E-state index is 10.7. The zero-order valence-corrected chi connectivity index (χ0v) is 13.3. The van der Waals surface area contributed by atoms with Crippen molar-refractivity contribution in [3.8, 4) is 11.5 Å². The van der Waals surface area contributed by atoms with Crippen LogP contribution in [0, 0.1) is 17.0 Å². The van der Waals surface area contributed by atoms with E-state index in [2.05, 4.69) is 15.9 Å². The number of ether oxygens (including phenoxy) is 1. The molecular weight excluding hydrogens is 369 g/mol. The summed E-state index contributed by atoms with van der Waals surface area (Å²) in [5, 5.41) is 10.9. The Bertz CT molecular complexity index is 668. The molecule has 0 fully saturated rings. The van der Waals surface area contributed by atoms with E-state index in [0.717, 1.165) is 10.0 Å². The van der Waals surface area contributed by atoms with Crippen LogP contribution in [0.15, 0.2) is 34.8 Å². The van der Waals surface area contributed by atoms with Crippen LogP contribution >= 0.6 is 39.1 Å². The van der Waals surface area contributed by atoms with Crippen LogP contribution in [0.5, 0.6) is 11.5 Å². The average Bonchev–Trinajstić information content (AvgIpc) is 2.37. The number of benzene rings is 2. The van der Waals surface area contributed by atoms with Crippen LogP contribution < -0.4 is 4.74 Å². The van der Waals surface area contributed by atoms with Crippen LogP contribution in [0.25, 0.3) is 0 Å². The second kappa shape index (κ2) is 5.99. The van der Waals surface area contributed by atoms with Crippen molar-refractivity contribution < 1.29 is 9.66 Å². The van der Waals surface area contributed by atoms with Crippen molar-refractivity contribution in [3.05, 3.63) is 60.5 Å². The second-order valence-electron chi connectivity index (χ2n) is 4.01. The van der Waals surface area contributed by atoms with Gasteiger partial charge in [0.25, 0.3) is 5.69 Å². The Morgan fingerprint density at radius 3 is 2.35 bits per heavy atom. The third kappa shape index (κ3) is 3.23. The molecule has 2 aromatic carbocycles. The minimum absolute atomic E-state index is 0.0866. The summed E-state index contributed by atoms with van der Waals surface area (Å²) in [7, 11) is 0. The molecule has 0 aliphatic heterocycles. The lowest BCUT2D eigenvalue weighted by Crippen LogP contribution is -1.93. The number of halogens is 3. The monoisotopic (exact) mass is 375 g/mol. The standard InChI is InChI=1S/C13H8BrCl2NO3/c1-7-2-3-8(14)4-12(7)20-13-10(15)5-9(17(18)19)6-11(13)16/h2-6H,1H3. The first-order valence-corrected chi connectivity index (χ1v) is 7.01. The van der Waals surface area contributed by atoms with Crippen molar-refractivity contribution in [2.24, 2.45) is 0 Å². The van der Waals surface area contributed by atoms with E-state index in [-0.39, 0.29) is 21.5 Å². The summed E-state index contributed by atoms with van der Waals surface area (Å²) in [5.74, 6) is 0.761. The largest absolute Gasteiger partial charge is 0.454 e. The topological polar surface area (TPSA) is 52.4 Å². The molecule has 0 atom stereocenters. The number of rotatable bonds is 3. The van der Waals surface area contributed by atoms with E-state index in [0.29, 0.717) is 5.75 Å². The number of aryl methyl sites for hydroxylation is 1. The summed E-state index contributed by atoms with van der Waals surface area (Å²) < 4.78 is 6.51. The van der Waals surface area contributed by atoms with Crippen LogP contribution in [-0.2, 0) is 0 Å². The molecule has 20 heavy (non-hydrogen) atoms. The number of hydrogen-bond donors (Lipinski definition) is 0. The summed E-state index contributed by atoms with van der Waals surface area (Å²) in [4.78, 5) is 10.2. The Morgan fingerprint density at radius 2 is 1.80 bits per heavy atom. The van der Waals surface area contributed by atoms with Gasteiger partial charge >= 0.3 is 0 Å². The van der Waals surface area contributed by atoms with Crippen molar-refractivity contribution in [1.82, 2.24) is 0 Å². The first-order chi connectivity index (χ1) is 9.38. The molecule has 0 saturated carbocycles. The molecular formula is C13H8BrCl2NO3. The third-order valence-corrected chi connectivity index (χ3v) is 3.61. The zero-order valence-electron chi connectivity index (χ0n) is 10.2. The lowest BCUT2D eigenvalue weighted by Gasteiger charge is -2.12. The SMILES string of the molecule is Cc1ccc(Br)cc1Oc1c(Cl)cc([N+](=O)[O-])cc1Cl. The van der Waals surface area contributed by atoms with E-state index < -0.39 is 4.92 Å². The summed E-state index contributed by atoms with van der Waals surface area (Å²) in [6.07, 6.45) is 0. The lowest BCUT2D eigenvalue weighted by molar-refractivity contribution is -0.384. The average molecular weight is 377 g/mol. The van der Waals surface area contributed by atoms with Gasteiger partial charge in [0.2, 0.25) is 0 Å². The van der Waals surface area contributed by atoms with Crippen LogP contribution in [0.1, 0.15) is 5.56 Å². The molecule has 104 valence electrons. The fraction of sp³-hybridized carbons (Fsp3) is 0.0769. The molecule has 0 unspecified atom stereocenters. The van der Waals surface area contributed by atoms with Gasteiger partial charge in [0.05, 0.1) is 15.0 Å². The van der Waals surface area contributed by atoms with E-state index in [9.17, 15) is 10.1 Å². The Labute approximate surface area is 133 Å². The number of nitro groups is 1. The normalized spacial score (nSPS) is 10.4. The highest BCUT2D eigenvalue weighted by Crippen LogP contribution is 2.40. The van der Waals surface area contributed by atoms with Gasteiger partial charge in [0, 0.05) is 16.6 Å². The number of non-ortho nitro benzene ring substituents is 1. The Morgan fingerprint density at radius 1 is 1.20 bits per heavy atom.